The van der Waals surface area contributed by atoms with Gasteiger partial charge in [-0.2, -0.15) is 0 Å². The fraction of sp³-hybridized carbons (Fsp3) is 0.500. The molecule has 0 heterocycles. The summed E-state index contributed by atoms with van der Waals surface area (Å²) in [5.41, 5.74) is 6.22. The van der Waals surface area contributed by atoms with Crippen LogP contribution in [0.3, 0.4) is 0 Å². The number of ether oxygens (including phenoxy) is 1. The van der Waals surface area contributed by atoms with Crippen molar-refractivity contribution in [2.45, 2.75) is 18.9 Å². The first kappa shape index (κ1) is 14.4. The van der Waals surface area contributed by atoms with Crippen molar-refractivity contribution >= 4 is 21.6 Å². The number of methoxy groups -OCH3 is 1. The Morgan fingerprint density at radius 2 is 2.29 bits per heavy atom. The lowest BCUT2D eigenvalue weighted by Crippen LogP contribution is -2.26. The van der Waals surface area contributed by atoms with Crippen molar-refractivity contribution in [3.8, 4) is 0 Å². The Bertz CT molecular complexity index is 349. The van der Waals surface area contributed by atoms with E-state index in [1.165, 1.54) is 12.1 Å². The third-order valence-corrected chi connectivity index (χ3v) is 3.10. The summed E-state index contributed by atoms with van der Waals surface area (Å²) in [4.78, 5) is 0. The zero-order chi connectivity index (χ0) is 12.7. The largest absolute Gasteiger partial charge is 0.383 e. The molecule has 1 aromatic carbocycles. The first-order valence-electron chi connectivity index (χ1n) is 5.58. The standard InChI is InChI=1S/C12H18BrFN2O/c1-17-8-10(3-2-6-15)16-12-7-9(14)4-5-11(12)13/h4-5,7,10,16H,2-3,6,8,15H2,1H3. The van der Waals surface area contributed by atoms with Crippen LogP contribution in [0.4, 0.5) is 10.1 Å². The number of hydrogen-bond donors (Lipinski definition) is 2. The number of halogens is 2. The molecule has 1 aromatic rings. The Morgan fingerprint density at radius 3 is 2.94 bits per heavy atom. The summed E-state index contributed by atoms with van der Waals surface area (Å²) in [6, 6.07) is 4.71. The number of anilines is 1. The molecule has 1 atom stereocenters. The highest BCUT2D eigenvalue weighted by Gasteiger charge is 2.10. The molecular weight excluding hydrogens is 287 g/mol. The fourth-order valence-corrected chi connectivity index (χ4v) is 1.95. The molecule has 0 aliphatic heterocycles. The van der Waals surface area contributed by atoms with Crippen molar-refractivity contribution in [2.24, 2.45) is 5.73 Å². The van der Waals surface area contributed by atoms with Crippen LogP contribution in [0.5, 0.6) is 0 Å². The van der Waals surface area contributed by atoms with Gasteiger partial charge in [-0.05, 0) is 53.5 Å². The van der Waals surface area contributed by atoms with E-state index in [-0.39, 0.29) is 11.9 Å². The smallest absolute Gasteiger partial charge is 0.125 e. The van der Waals surface area contributed by atoms with Crippen molar-refractivity contribution < 1.29 is 9.13 Å². The molecule has 0 aromatic heterocycles. The highest BCUT2D eigenvalue weighted by molar-refractivity contribution is 9.10. The molecule has 0 spiro atoms. The Hall–Kier alpha value is -0.650. The lowest BCUT2D eigenvalue weighted by atomic mass is 10.1. The van der Waals surface area contributed by atoms with Gasteiger partial charge in [0.05, 0.1) is 12.3 Å². The van der Waals surface area contributed by atoms with Crippen LogP contribution < -0.4 is 11.1 Å². The highest BCUT2D eigenvalue weighted by atomic mass is 79.9. The fourth-order valence-electron chi connectivity index (χ4n) is 1.59. The third kappa shape index (κ3) is 5.02. The van der Waals surface area contributed by atoms with Gasteiger partial charge in [0.15, 0.2) is 0 Å². The second kappa shape index (κ2) is 7.63. The van der Waals surface area contributed by atoms with E-state index in [1.807, 2.05) is 0 Å². The Balaban J connectivity index is 2.67. The molecule has 0 aliphatic rings. The van der Waals surface area contributed by atoms with Crippen LogP contribution in [-0.4, -0.2) is 26.3 Å². The maximum Gasteiger partial charge on any atom is 0.125 e. The van der Waals surface area contributed by atoms with E-state index in [0.717, 1.165) is 23.0 Å². The van der Waals surface area contributed by atoms with Gasteiger partial charge in [-0.15, -0.1) is 0 Å². The molecule has 0 fully saturated rings. The van der Waals surface area contributed by atoms with E-state index in [0.29, 0.717) is 13.2 Å². The molecule has 1 unspecified atom stereocenters. The number of nitrogens with two attached hydrogens (primary N) is 1. The van der Waals surface area contributed by atoms with E-state index in [9.17, 15) is 4.39 Å². The third-order valence-electron chi connectivity index (χ3n) is 2.41. The topological polar surface area (TPSA) is 47.3 Å². The predicted octanol–water partition coefficient (Wildman–Crippen LogP) is 2.75. The van der Waals surface area contributed by atoms with E-state index in [4.69, 9.17) is 10.5 Å². The van der Waals surface area contributed by atoms with Gasteiger partial charge < -0.3 is 15.8 Å². The maximum absolute atomic E-state index is 13.1. The summed E-state index contributed by atoms with van der Waals surface area (Å²) in [5, 5.41) is 3.26. The van der Waals surface area contributed by atoms with Crippen molar-refractivity contribution in [3.63, 3.8) is 0 Å². The summed E-state index contributed by atoms with van der Waals surface area (Å²) in [6.07, 6.45) is 1.81. The average Bonchev–Trinajstić information content (AvgIpc) is 2.31. The lowest BCUT2D eigenvalue weighted by Gasteiger charge is -2.19. The zero-order valence-electron chi connectivity index (χ0n) is 9.88. The number of benzene rings is 1. The van der Waals surface area contributed by atoms with Crippen LogP contribution in [0, 0.1) is 5.82 Å². The SMILES string of the molecule is COCC(CCCN)Nc1cc(F)ccc1Br. The molecule has 0 radical (unpaired) electrons. The van der Waals surface area contributed by atoms with Gasteiger partial charge in [0, 0.05) is 17.6 Å². The van der Waals surface area contributed by atoms with Crippen LogP contribution in [0.15, 0.2) is 22.7 Å². The first-order valence-corrected chi connectivity index (χ1v) is 6.37. The molecular formula is C12H18BrFN2O. The van der Waals surface area contributed by atoms with Gasteiger partial charge in [-0.3, -0.25) is 0 Å². The van der Waals surface area contributed by atoms with Crippen molar-refractivity contribution in [1.29, 1.82) is 0 Å². The summed E-state index contributed by atoms with van der Waals surface area (Å²) >= 11 is 3.38. The van der Waals surface area contributed by atoms with Gasteiger partial charge in [0.1, 0.15) is 5.82 Å². The van der Waals surface area contributed by atoms with Crippen molar-refractivity contribution in [1.82, 2.24) is 0 Å². The van der Waals surface area contributed by atoms with Crippen molar-refractivity contribution in [3.05, 3.63) is 28.5 Å². The van der Waals surface area contributed by atoms with Crippen LogP contribution in [0.25, 0.3) is 0 Å². The minimum atomic E-state index is -0.259. The van der Waals surface area contributed by atoms with Gasteiger partial charge in [0.2, 0.25) is 0 Å². The summed E-state index contributed by atoms with van der Waals surface area (Å²) in [5.74, 6) is -0.259. The minimum absolute atomic E-state index is 0.140. The monoisotopic (exact) mass is 304 g/mol. The quantitative estimate of drug-likeness (QED) is 0.814. The van der Waals surface area contributed by atoms with Crippen LogP contribution in [-0.2, 0) is 4.74 Å². The Labute approximate surface area is 110 Å². The van der Waals surface area contributed by atoms with Gasteiger partial charge in [-0.1, -0.05) is 0 Å². The molecule has 96 valence electrons. The first-order chi connectivity index (χ1) is 8.17. The maximum atomic E-state index is 13.1. The van der Waals surface area contributed by atoms with E-state index < -0.39 is 0 Å². The number of hydrogen-bond acceptors (Lipinski definition) is 3. The molecule has 0 bridgehead atoms. The molecule has 0 saturated carbocycles. The average molecular weight is 305 g/mol. The highest BCUT2D eigenvalue weighted by Crippen LogP contribution is 2.24. The van der Waals surface area contributed by atoms with Crippen LogP contribution in [0.2, 0.25) is 0 Å². The second-order valence-electron chi connectivity index (χ2n) is 3.85. The molecule has 0 aliphatic carbocycles. The number of rotatable bonds is 7. The van der Waals surface area contributed by atoms with E-state index in [1.54, 1.807) is 13.2 Å². The van der Waals surface area contributed by atoms with Crippen LogP contribution >= 0.6 is 15.9 Å². The molecule has 0 saturated heterocycles. The molecule has 17 heavy (non-hydrogen) atoms. The molecule has 3 N–H and O–H groups in total. The van der Waals surface area contributed by atoms with Gasteiger partial charge in [0.25, 0.3) is 0 Å². The Morgan fingerprint density at radius 1 is 1.53 bits per heavy atom. The lowest BCUT2D eigenvalue weighted by molar-refractivity contribution is 0.182. The normalized spacial score (nSPS) is 12.5. The van der Waals surface area contributed by atoms with E-state index in [2.05, 4.69) is 21.2 Å². The Kier molecular flexibility index (Phi) is 6.47. The molecule has 1 rings (SSSR count). The van der Waals surface area contributed by atoms with Gasteiger partial charge >= 0.3 is 0 Å². The number of nitrogens with one attached hydrogen (secondary N) is 1. The van der Waals surface area contributed by atoms with Crippen molar-refractivity contribution in [2.75, 3.05) is 25.6 Å². The van der Waals surface area contributed by atoms with Gasteiger partial charge in [-0.25, -0.2) is 4.39 Å². The molecule has 5 heteroatoms. The molecule has 3 nitrogen and oxygen atoms in total. The summed E-state index contributed by atoms with van der Waals surface area (Å²) < 4.78 is 19.1. The second-order valence-corrected chi connectivity index (χ2v) is 4.71. The minimum Gasteiger partial charge on any atom is -0.383 e. The van der Waals surface area contributed by atoms with E-state index >= 15 is 0 Å². The zero-order valence-corrected chi connectivity index (χ0v) is 11.5. The molecule has 0 amide bonds. The predicted molar refractivity (Wildman–Crippen MR) is 71.7 cm³/mol. The van der Waals surface area contributed by atoms with Crippen LogP contribution in [0.1, 0.15) is 12.8 Å². The summed E-state index contributed by atoms with van der Waals surface area (Å²) in [6.45, 7) is 1.22. The summed E-state index contributed by atoms with van der Waals surface area (Å²) in [7, 11) is 1.65.